The Morgan fingerprint density at radius 2 is 1.73 bits per heavy atom. The standard InChI is InChI=1S/C23H37ClN2O4/c1-25(14-15-27)13-3-4-16-29-18-20-7-5-19(6-8-20)17-26(2)23(28)30-22-11-9-21(24)10-12-22/h9-12,19-20,27H,3-8,13-18H2,1-2H3. The van der Waals surface area contributed by atoms with Crippen LogP contribution in [0, 0.1) is 11.8 Å². The van der Waals surface area contributed by atoms with Gasteiger partial charge >= 0.3 is 6.09 Å². The molecule has 7 heteroatoms. The minimum absolute atomic E-state index is 0.217. The van der Waals surface area contributed by atoms with Crippen molar-refractivity contribution in [1.82, 2.24) is 9.80 Å². The molecule has 1 aromatic rings. The molecule has 0 spiro atoms. The first kappa shape index (κ1) is 24.9. The molecule has 0 bridgehead atoms. The van der Waals surface area contributed by atoms with Crippen molar-refractivity contribution in [1.29, 1.82) is 0 Å². The zero-order valence-corrected chi connectivity index (χ0v) is 19.1. The number of nitrogens with zero attached hydrogens (tertiary/aromatic N) is 2. The van der Waals surface area contributed by atoms with Crippen molar-refractivity contribution < 1.29 is 19.4 Å². The molecule has 0 unspecified atom stereocenters. The van der Waals surface area contributed by atoms with Gasteiger partial charge in [-0.15, -0.1) is 0 Å². The summed E-state index contributed by atoms with van der Waals surface area (Å²) >= 11 is 5.86. The summed E-state index contributed by atoms with van der Waals surface area (Å²) in [7, 11) is 3.83. The molecule has 0 atom stereocenters. The predicted octanol–water partition coefficient (Wildman–Crippen LogP) is 4.30. The Morgan fingerprint density at radius 3 is 2.40 bits per heavy atom. The van der Waals surface area contributed by atoms with Crippen molar-refractivity contribution in [2.45, 2.75) is 38.5 Å². The third-order valence-electron chi connectivity index (χ3n) is 5.74. The molecule has 0 saturated heterocycles. The molecule has 2 rings (SSSR count). The van der Waals surface area contributed by atoms with E-state index in [-0.39, 0.29) is 12.7 Å². The van der Waals surface area contributed by atoms with Gasteiger partial charge in [0.15, 0.2) is 0 Å². The third kappa shape index (κ3) is 9.65. The lowest BCUT2D eigenvalue weighted by atomic mass is 9.82. The molecule has 170 valence electrons. The normalized spacial score (nSPS) is 19.1. The monoisotopic (exact) mass is 440 g/mol. The number of hydrogen-bond acceptors (Lipinski definition) is 5. The molecular weight excluding hydrogens is 404 g/mol. The van der Waals surface area contributed by atoms with Gasteiger partial charge in [0.1, 0.15) is 5.75 Å². The van der Waals surface area contributed by atoms with E-state index in [1.54, 1.807) is 36.2 Å². The van der Waals surface area contributed by atoms with E-state index in [1.807, 2.05) is 7.05 Å². The fourth-order valence-corrected chi connectivity index (χ4v) is 3.97. The highest BCUT2D eigenvalue weighted by Gasteiger charge is 2.24. The Bertz CT molecular complexity index is 606. The van der Waals surface area contributed by atoms with E-state index in [0.717, 1.165) is 71.4 Å². The van der Waals surface area contributed by atoms with Crippen molar-refractivity contribution in [2.75, 3.05) is 53.6 Å². The van der Waals surface area contributed by atoms with Crippen molar-refractivity contribution in [2.24, 2.45) is 11.8 Å². The van der Waals surface area contributed by atoms with Gasteiger partial charge in [-0.1, -0.05) is 11.6 Å². The highest BCUT2D eigenvalue weighted by molar-refractivity contribution is 6.30. The Labute approximate surface area is 186 Å². The van der Waals surface area contributed by atoms with Gasteiger partial charge in [0.2, 0.25) is 0 Å². The lowest BCUT2D eigenvalue weighted by Crippen LogP contribution is -2.35. The summed E-state index contributed by atoms with van der Waals surface area (Å²) in [4.78, 5) is 16.1. The van der Waals surface area contributed by atoms with Crippen LogP contribution in [0.15, 0.2) is 24.3 Å². The molecule has 6 nitrogen and oxygen atoms in total. The van der Waals surface area contributed by atoms with E-state index in [1.165, 1.54) is 0 Å². The number of unbranched alkanes of at least 4 members (excludes halogenated alkanes) is 1. The first-order valence-electron chi connectivity index (χ1n) is 11.0. The molecule has 1 N–H and O–H groups in total. The van der Waals surface area contributed by atoms with Gasteiger partial charge in [0.05, 0.1) is 6.61 Å². The smallest absolute Gasteiger partial charge is 0.410 e. The van der Waals surface area contributed by atoms with Crippen LogP contribution in [-0.4, -0.2) is 74.5 Å². The average molecular weight is 441 g/mol. The van der Waals surface area contributed by atoms with E-state index in [4.69, 9.17) is 26.2 Å². The Morgan fingerprint density at radius 1 is 1.07 bits per heavy atom. The van der Waals surface area contributed by atoms with Crippen LogP contribution in [-0.2, 0) is 4.74 Å². The fourth-order valence-electron chi connectivity index (χ4n) is 3.84. The van der Waals surface area contributed by atoms with Crippen LogP contribution in [0.4, 0.5) is 4.79 Å². The largest absolute Gasteiger partial charge is 0.414 e. The number of benzene rings is 1. The molecule has 0 heterocycles. The molecule has 0 aromatic heterocycles. The summed E-state index contributed by atoms with van der Waals surface area (Å²) in [6, 6.07) is 6.83. The minimum Gasteiger partial charge on any atom is -0.410 e. The lowest BCUT2D eigenvalue weighted by molar-refractivity contribution is 0.0705. The first-order valence-corrected chi connectivity index (χ1v) is 11.4. The number of ether oxygens (including phenoxy) is 2. The Kier molecular flexibility index (Phi) is 11.5. The number of hydrogen-bond donors (Lipinski definition) is 1. The van der Waals surface area contributed by atoms with Crippen molar-refractivity contribution >= 4 is 17.7 Å². The summed E-state index contributed by atoms with van der Waals surface area (Å²) in [5, 5.41) is 9.51. The number of halogens is 1. The van der Waals surface area contributed by atoms with Crippen molar-refractivity contribution in [3.63, 3.8) is 0 Å². The van der Waals surface area contributed by atoms with Gasteiger partial charge in [-0.3, -0.25) is 0 Å². The van der Waals surface area contributed by atoms with Crippen LogP contribution in [0.3, 0.4) is 0 Å². The van der Waals surface area contributed by atoms with Crippen LogP contribution in [0.1, 0.15) is 38.5 Å². The summed E-state index contributed by atoms with van der Waals surface area (Å²) in [6.07, 6.45) is 6.39. The number of aliphatic hydroxyl groups excluding tert-OH is 1. The van der Waals surface area contributed by atoms with Gasteiger partial charge in [-0.25, -0.2) is 4.79 Å². The zero-order valence-electron chi connectivity index (χ0n) is 18.4. The summed E-state index contributed by atoms with van der Waals surface area (Å²) in [5.41, 5.74) is 0. The number of carbonyl (C=O) groups excluding carboxylic acids is 1. The molecule has 30 heavy (non-hydrogen) atoms. The van der Waals surface area contributed by atoms with E-state index in [2.05, 4.69) is 4.90 Å². The highest BCUT2D eigenvalue weighted by Crippen LogP contribution is 2.29. The van der Waals surface area contributed by atoms with Gasteiger partial charge < -0.3 is 24.4 Å². The second-order valence-electron chi connectivity index (χ2n) is 8.40. The maximum atomic E-state index is 12.3. The van der Waals surface area contributed by atoms with Crippen LogP contribution < -0.4 is 4.74 Å². The summed E-state index contributed by atoms with van der Waals surface area (Å²) < 4.78 is 11.3. The minimum atomic E-state index is -0.326. The van der Waals surface area contributed by atoms with Gasteiger partial charge in [-0.2, -0.15) is 0 Å². The maximum absolute atomic E-state index is 12.3. The van der Waals surface area contributed by atoms with E-state index in [9.17, 15) is 4.79 Å². The number of carbonyl (C=O) groups is 1. The average Bonchev–Trinajstić information content (AvgIpc) is 2.73. The predicted molar refractivity (Wildman–Crippen MR) is 120 cm³/mol. The number of aliphatic hydroxyl groups is 1. The molecule has 1 aliphatic carbocycles. The van der Waals surface area contributed by atoms with Crippen molar-refractivity contribution in [3.8, 4) is 5.75 Å². The second kappa shape index (κ2) is 13.9. The molecule has 0 aliphatic heterocycles. The number of rotatable bonds is 12. The molecular formula is C23H37ClN2O4. The highest BCUT2D eigenvalue weighted by atomic mass is 35.5. The molecule has 1 saturated carbocycles. The Hall–Kier alpha value is -1.34. The summed E-state index contributed by atoms with van der Waals surface area (Å²) in [6.45, 7) is 4.33. The van der Waals surface area contributed by atoms with Crippen LogP contribution >= 0.6 is 11.6 Å². The quantitative estimate of drug-likeness (QED) is 0.491. The Balaban J connectivity index is 1.54. The van der Waals surface area contributed by atoms with Crippen molar-refractivity contribution in [3.05, 3.63) is 29.3 Å². The molecule has 1 aliphatic rings. The van der Waals surface area contributed by atoms with Crippen LogP contribution in [0.2, 0.25) is 5.02 Å². The molecule has 1 fully saturated rings. The van der Waals surface area contributed by atoms with Gasteiger partial charge in [0.25, 0.3) is 0 Å². The molecule has 1 aromatic carbocycles. The van der Waals surface area contributed by atoms with E-state index >= 15 is 0 Å². The van der Waals surface area contributed by atoms with E-state index < -0.39 is 0 Å². The van der Waals surface area contributed by atoms with Gasteiger partial charge in [0, 0.05) is 38.4 Å². The SMILES string of the molecule is CN(CCO)CCCCOCC1CCC(CN(C)C(=O)Oc2ccc(Cl)cc2)CC1. The first-order chi connectivity index (χ1) is 14.5. The third-order valence-corrected chi connectivity index (χ3v) is 5.99. The second-order valence-corrected chi connectivity index (χ2v) is 8.83. The van der Waals surface area contributed by atoms with E-state index in [0.29, 0.717) is 22.6 Å². The topological polar surface area (TPSA) is 62.2 Å². The fraction of sp³-hybridized carbons (Fsp3) is 0.696. The molecule has 1 amide bonds. The number of amides is 1. The lowest BCUT2D eigenvalue weighted by Gasteiger charge is -2.30. The summed E-state index contributed by atoms with van der Waals surface area (Å²) in [5.74, 6) is 1.66. The molecule has 0 radical (unpaired) electrons. The van der Waals surface area contributed by atoms with Crippen LogP contribution in [0.5, 0.6) is 5.75 Å². The number of likely N-dealkylation sites (N-methyl/N-ethyl adjacent to an activating group) is 1. The maximum Gasteiger partial charge on any atom is 0.414 e. The van der Waals surface area contributed by atoms with Crippen LogP contribution in [0.25, 0.3) is 0 Å². The van der Waals surface area contributed by atoms with Gasteiger partial charge in [-0.05, 0) is 88.2 Å². The zero-order chi connectivity index (χ0) is 21.8.